The Balaban J connectivity index is 2.69. The molecule has 6 heteroatoms. The van der Waals surface area contributed by atoms with Crippen LogP contribution in [0, 0.1) is 6.92 Å². The molecule has 0 saturated carbocycles. The molecule has 16 heavy (non-hydrogen) atoms. The van der Waals surface area contributed by atoms with E-state index in [9.17, 15) is 8.42 Å². The van der Waals surface area contributed by atoms with Crippen molar-refractivity contribution < 1.29 is 8.42 Å². The van der Waals surface area contributed by atoms with Gasteiger partial charge < -0.3 is 0 Å². The number of benzene rings is 1. The first kappa shape index (κ1) is 11.2. The number of aryl methyl sites for hydroxylation is 1. The third kappa shape index (κ3) is 1.96. The minimum atomic E-state index is -3.80. The first-order chi connectivity index (χ1) is 7.50. The number of aromatic nitrogens is 2. The van der Waals surface area contributed by atoms with Crippen LogP contribution in [0.15, 0.2) is 41.6 Å². The van der Waals surface area contributed by atoms with Gasteiger partial charge in [-0.15, -0.1) is 0 Å². The molecule has 0 bridgehead atoms. The monoisotopic (exact) mass is 256 g/mol. The second-order valence-corrected chi connectivity index (χ2v) is 5.80. The molecule has 0 amide bonds. The van der Waals surface area contributed by atoms with Gasteiger partial charge in [0.15, 0.2) is 5.03 Å². The topological polar surface area (TPSA) is 52.0 Å². The molecule has 84 valence electrons. The average Bonchev–Trinajstić information content (AvgIpc) is 2.61. The summed E-state index contributed by atoms with van der Waals surface area (Å²) < 4.78 is 24.1. The Hall–Kier alpha value is -1.33. The zero-order chi connectivity index (χ0) is 11.8. The van der Waals surface area contributed by atoms with E-state index in [1.165, 1.54) is 10.9 Å². The molecule has 1 heterocycles. The summed E-state index contributed by atoms with van der Waals surface area (Å²) in [6.45, 7) is 1.65. The van der Waals surface area contributed by atoms with Crippen LogP contribution < -0.4 is 0 Å². The summed E-state index contributed by atoms with van der Waals surface area (Å²) in [5.74, 6) is 0. The van der Waals surface area contributed by atoms with Crippen LogP contribution in [0.1, 0.15) is 5.56 Å². The van der Waals surface area contributed by atoms with E-state index in [2.05, 4.69) is 5.10 Å². The lowest BCUT2D eigenvalue weighted by atomic mass is 10.3. The summed E-state index contributed by atoms with van der Waals surface area (Å²) in [4.78, 5) is 0. The van der Waals surface area contributed by atoms with Crippen molar-refractivity contribution in [3.63, 3.8) is 0 Å². The van der Waals surface area contributed by atoms with E-state index < -0.39 is 9.05 Å². The van der Waals surface area contributed by atoms with Gasteiger partial charge in [0.05, 0.1) is 11.9 Å². The predicted molar refractivity (Wildman–Crippen MR) is 61.3 cm³/mol. The Morgan fingerprint density at radius 3 is 2.44 bits per heavy atom. The molecule has 1 aromatic heterocycles. The van der Waals surface area contributed by atoms with Gasteiger partial charge >= 0.3 is 0 Å². The fourth-order valence-electron chi connectivity index (χ4n) is 1.47. The van der Waals surface area contributed by atoms with Gasteiger partial charge in [0.25, 0.3) is 9.05 Å². The highest BCUT2D eigenvalue weighted by atomic mass is 35.7. The van der Waals surface area contributed by atoms with Crippen molar-refractivity contribution in [2.24, 2.45) is 0 Å². The van der Waals surface area contributed by atoms with Crippen molar-refractivity contribution >= 4 is 19.7 Å². The fraction of sp³-hybridized carbons (Fsp3) is 0.100. The van der Waals surface area contributed by atoms with Crippen molar-refractivity contribution in [2.75, 3.05) is 0 Å². The van der Waals surface area contributed by atoms with Crippen LogP contribution in [-0.2, 0) is 9.05 Å². The Labute approximate surface area is 97.9 Å². The first-order valence-corrected chi connectivity index (χ1v) is 6.86. The predicted octanol–water partition coefficient (Wildman–Crippen LogP) is 2.11. The molecule has 0 spiro atoms. The van der Waals surface area contributed by atoms with Crippen LogP contribution in [0.5, 0.6) is 0 Å². The molecule has 2 rings (SSSR count). The zero-order valence-electron chi connectivity index (χ0n) is 8.46. The van der Waals surface area contributed by atoms with Crippen LogP contribution in [-0.4, -0.2) is 18.2 Å². The SMILES string of the molecule is Cc1cnn(-c2ccccc2)c1S(=O)(=O)Cl. The van der Waals surface area contributed by atoms with Gasteiger partial charge in [0, 0.05) is 16.2 Å². The Kier molecular flexibility index (Phi) is 2.73. The van der Waals surface area contributed by atoms with E-state index in [1.807, 2.05) is 6.07 Å². The third-order valence-corrected chi connectivity index (χ3v) is 3.52. The molecule has 0 aliphatic heterocycles. The first-order valence-electron chi connectivity index (χ1n) is 4.55. The largest absolute Gasteiger partial charge is 0.279 e. The summed E-state index contributed by atoms with van der Waals surface area (Å²) in [6, 6.07) is 8.97. The lowest BCUT2D eigenvalue weighted by Gasteiger charge is -2.04. The maximum Gasteiger partial charge on any atom is 0.279 e. The summed E-state index contributed by atoms with van der Waals surface area (Å²) in [5.41, 5.74) is 1.19. The smallest absolute Gasteiger partial charge is 0.221 e. The molecule has 0 unspecified atom stereocenters. The lowest BCUT2D eigenvalue weighted by molar-refractivity contribution is 0.599. The van der Waals surface area contributed by atoms with Crippen molar-refractivity contribution in [1.29, 1.82) is 0 Å². The van der Waals surface area contributed by atoms with Crippen molar-refractivity contribution in [1.82, 2.24) is 9.78 Å². The highest BCUT2D eigenvalue weighted by Gasteiger charge is 2.20. The number of rotatable bonds is 2. The Morgan fingerprint density at radius 1 is 1.25 bits per heavy atom. The molecular formula is C10H9ClN2O2S. The molecule has 0 aliphatic carbocycles. The van der Waals surface area contributed by atoms with Gasteiger partial charge in [0.2, 0.25) is 0 Å². The molecule has 0 N–H and O–H groups in total. The number of hydrogen-bond donors (Lipinski definition) is 0. The van der Waals surface area contributed by atoms with Crippen molar-refractivity contribution in [3.05, 3.63) is 42.1 Å². The fourth-order valence-corrected chi connectivity index (χ4v) is 2.83. The summed E-state index contributed by atoms with van der Waals surface area (Å²) in [5, 5.41) is 4.02. The lowest BCUT2D eigenvalue weighted by Crippen LogP contribution is -2.05. The summed E-state index contributed by atoms with van der Waals surface area (Å²) in [6.07, 6.45) is 1.47. The van der Waals surface area contributed by atoms with E-state index in [0.717, 1.165) is 0 Å². The van der Waals surface area contributed by atoms with Crippen LogP contribution in [0.3, 0.4) is 0 Å². The highest BCUT2D eigenvalue weighted by Crippen LogP contribution is 2.22. The van der Waals surface area contributed by atoms with E-state index >= 15 is 0 Å². The second-order valence-electron chi connectivity index (χ2n) is 3.32. The maximum absolute atomic E-state index is 11.4. The molecule has 0 aliphatic rings. The van der Waals surface area contributed by atoms with Gasteiger partial charge in [-0.25, -0.2) is 13.1 Å². The van der Waals surface area contributed by atoms with E-state index in [-0.39, 0.29) is 5.03 Å². The van der Waals surface area contributed by atoms with Gasteiger partial charge in [-0.2, -0.15) is 5.10 Å². The Bertz CT molecular complexity index is 605. The summed E-state index contributed by atoms with van der Waals surface area (Å²) in [7, 11) is 1.58. The van der Waals surface area contributed by atoms with Crippen LogP contribution in [0.4, 0.5) is 0 Å². The van der Waals surface area contributed by atoms with Gasteiger partial charge in [-0.3, -0.25) is 0 Å². The molecule has 2 aromatic rings. The molecule has 0 radical (unpaired) electrons. The van der Waals surface area contributed by atoms with Gasteiger partial charge in [-0.05, 0) is 19.1 Å². The molecule has 4 nitrogen and oxygen atoms in total. The van der Waals surface area contributed by atoms with Gasteiger partial charge in [0.1, 0.15) is 0 Å². The van der Waals surface area contributed by atoms with E-state index in [4.69, 9.17) is 10.7 Å². The van der Waals surface area contributed by atoms with Crippen LogP contribution >= 0.6 is 10.7 Å². The average molecular weight is 257 g/mol. The maximum atomic E-state index is 11.4. The van der Waals surface area contributed by atoms with Gasteiger partial charge in [-0.1, -0.05) is 18.2 Å². The van der Waals surface area contributed by atoms with Crippen LogP contribution in [0.2, 0.25) is 0 Å². The minimum absolute atomic E-state index is 0.0142. The van der Waals surface area contributed by atoms with Crippen molar-refractivity contribution in [2.45, 2.75) is 11.9 Å². The number of halogens is 1. The number of para-hydroxylation sites is 1. The van der Waals surface area contributed by atoms with E-state index in [1.54, 1.807) is 31.2 Å². The van der Waals surface area contributed by atoms with Crippen LogP contribution in [0.25, 0.3) is 5.69 Å². The quantitative estimate of drug-likeness (QED) is 0.774. The standard InChI is InChI=1S/C10H9ClN2O2S/c1-8-7-12-13(10(8)16(11,14)15)9-5-3-2-4-6-9/h2-7H,1H3. The molecule has 0 fully saturated rings. The molecular weight excluding hydrogens is 248 g/mol. The number of hydrogen-bond acceptors (Lipinski definition) is 3. The van der Waals surface area contributed by atoms with Crippen molar-refractivity contribution in [3.8, 4) is 5.69 Å². The summed E-state index contributed by atoms with van der Waals surface area (Å²) >= 11 is 0. The Morgan fingerprint density at radius 2 is 1.88 bits per heavy atom. The van der Waals surface area contributed by atoms with E-state index in [0.29, 0.717) is 11.3 Å². The second kappa shape index (κ2) is 3.92. The zero-order valence-corrected chi connectivity index (χ0v) is 10.0. The molecule has 1 aromatic carbocycles. The minimum Gasteiger partial charge on any atom is -0.221 e. The molecule has 0 saturated heterocycles. The third-order valence-electron chi connectivity index (χ3n) is 2.13. The highest BCUT2D eigenvalue weighted by molar-refractivity contribution is 8.13. The number of nitrogens with zero attached hydrogens (tertiary/aromatic N) is 2. The normalized spacial score (nSPS) is 11.6. The molecule has 0 atom stereocenters.